The van der Waals surface area contributed by atoms with Gasteiger partial charge >= 0.3 is 12.1 Å². The van der Waals surface area contributed by atoms with Crippen LogP contribution in [-0.4, -0.2) is 76.7 Å². The van der Waals surface area contributed by atoms with Crippen molar-refractivity contribution in [3.8, 4) is 11.8 Å². The number of aromatic nitrogens is 2. The zero-order chi connectivity index (χ0) is 24.8. The number of anilines is 2. The minimum absolute atomic E-state index is 0.0128. The van der Waals surface area contributed by atoms with Gasteiger partial charge in [0, 0.05) is 19.8 Å². The Labute approximate surface area is 189 Å². The summed E-state index contributed by atoms with van der Waals surface area (Å²) in [5.74, 6) is -0.841. The number of rotatable bonds is 7. The Balaban J connectivity index is 2.39. The normalized spacial score (nSPS) is 10.6. The second kappa shape index (κ2) is 10.4. The van der Waals surface area contributed by atoms with Crippen molar-refractivity contribution < 1.29 is 37.0 Å². The molecule has 4 amide bonds. The van der Waals surface area contributed by atoms with Gasteiger partial charge in [-0.15, -0.1) is 0 Å². The van der Waals surface area contributed by atoms with Gasteiger partial charge in [0.2, 0.25) is 17.7 Å². The van der Waals surface area contributed by atoms with E-state index < -0.39 is 33.0 Å². The summed E-state index contributed by atoms with van der Waals surface area (Å²) in [5, 5.41) is 4.44. The van der Waals surface area contributed by atoms with E-state index in [2.05, 4.69) is 25.3 Å². The van der Waals surface area contributed by atoms with Gasteiger partial charge in [-0.1, -0.05) is 0 Å². The number of hydrogen-bond acceptors (Lipinski definition) is 10. The fourth-order valence-electron chi connectivity index (χ4n) is 2.38. The van der Waals surface area contributed by atoms with Gasteiger partial charge in [-0.05, 0) is 18.2 Å². The maximum absolute atomic E-state index is 13.0. The highest BCUT2D eigenvalue weighted by Gasteiger charge is 2.27. The number of hydrogen-bond donors (Lipinski definition) is 3. The van der Waals surface area contributed by atoms with Gasteiger partial charge in [0.15, 0.2) is 0 Å². The van der Waals surface area contributed by atoms with Crippen LogP contribution in [0.5, 0.6) is 11.8 Å². The van der Waals surface area contributed by atoms with E-state index in [1.807, 2.05) is 0 Å². The molecule has 15 heteroatoms. The molecular weight excluding hydrogens is 460 g/mol. The molecule has 0 fully saturated rings. The molecule has 0 aliphatic rings. The summed E-state index contributed by atoms with van der Waals surface area (Å²) in [7, 11) is 2.02. The molecule has 178 valence electrons. The summed E-state index contributed by atoms with van der Waals surface area (Å²) >= 11 is 0. The molecule has 0 radical (unpaired) electrons. The highest BCUT2D eigenvalue weighted by Crippen LogP contribution is 2.23. The van der Waals surface area contributed by atoms with Crippen LogP contribution in [0.4, 0.5) is 21.2 Å². The van der Waals surface area contributed by atoms with Crippen LogP contribution in [0.1, 0.15) is 10.4 Å². The highest BCUT2D eigenvalue weighted by molar-refractivity contribution is 7.90. The summed E-state index contributed by atoms with van der Waals surface area (Å²) in [6.07, 6.45) is -0.861. The first-order valence-electron chi connectivity index (χ1n) is 9.02. The standard InChI is InChI=1S/C18H22N6O8S/c1-24(2)15(25)11-7-6-10(19-18(27)32-5)8-12(11)33(28,29)23-17(26)22-16-20-13(30-3)9-14(21-16)31-4/h6-9H,1-5H3,(H,19,27)(H2,20,21,22,23,26). The van der Waals surface area contributed by atoms with E-state index in [1.54, 1.807) is 4.72 Å². The molecule has 3 N–H and O–H groups in total. The van der Waals surface area contributed by atoms with Crippen molar-refractivity contribution in [2.24, 2.45) is 0 Å². The van der Waals surface area contributed by atoms with Crippen LogP contribution in [0, 0.1) is 0 Å². The van der Waals surface area contributed by atoms with Gasteiger partial charge in [0.25, 0.3) is 15.9 Å². The lowest BCUT2D eigenvalue weighted by molar-refractivity contribution is 0.0824. The van der Waals surface area contributed by atoms with E-state index in [9.17, 15) is 22.8 Å². The number of amides is 4. The first-order chi connectivity index (χ1) is 15.5. The van der Waals surface area contributed by atoms with Crippen LogP contribution in [0.15, 0.2) is 29.2 Å². The molecule has 33 heavy (non-hydrogen) atoms. The molecule has 1 aromatic carbocycles. The Hall–Kier alpha value is -4.14. The molecule has 1 heterocycles. The summed E-state index contributed by atoms with van der Waals surface area (Å²) in [6, 6.07) is 3.63. The fourth-order valence-corrected chi connectivity index (χ4v) is 3.51. The Bertz CT molecular complexity index is 1150. The molecule has 2 rings (SSSR count). The van der Waals surface area contributed by atoms with Crippen LogP contribution in [0.2, 0.25) is 0 Å². The highest BCUT2D eigenvalue weighted by atomic mass is 32.2. The summed E-state index contributed by atoms with van der Waals surface area (Å²) in [5.41, 5.74) is -0.228. The van der Waals surface area contributed by atoms with Crippen molar-refractivity contribution >= 4 is 39.7 Å². The third kappa shape index (κ3) is 6.42. The van der Waals surface area contributed by atoms with E-state index in [-0.39, 0.29) is 29.0 Å². The maximum atomic E-state index is 13.0. The fraction of sp³-hybridized carbons (Fsp3) is 0.278. The van der Waals surface area contributed by atoms with Crippen LogP contribution in [0.3, 0.4) is 0 Å². The molecule has 0 aliphatic carbocycles. The molecule has 0 saturated carbocycles. The molecule has 0 unspecified atom stereocenters. The molecule has 0 saturated heterocycles. The van der Waals surface area contributed by atoms with Crippen molar-refractivity contribution in [3.63, 3.8) is 0 Å². The van der Waals surface area contributed by atoms with E-state index in [4.69, 9.17) is 9.47 Å². The van der Waals surface area contributed by atoms with Gasteiger partial charge < -0.3 is 19.1 Å². The van der Waals surface area contributed by atoms with Crippen LogP contribution in [0.25, 0.3) is 0 Å². The largest absolute Gasteiger partial charge is 0.481 e. The van der Waals surface area contributed by atoms with Gasteiger partial charge in [0.1, 0.15) is 4.90 Å². The Kier molecular flexibility index (Phi) is 7.95. The molecule has 0 atom stereocenters. The minimum Gasteiger partial charge on any atom is -0.481 e. The molecule has 1 aromatic heterocycles. The van der Waals surface area contributed by atoms with Crippen molar-refractivity contribution in [1.29, 1.82) is 0 Å². The predicted molar refractivity (Wildman–Crippen MR) is 115 cm³/mol. The molecule has 0 bridgehead atoms. The summed E-state index contributed by atoms with van der Waals surface area (Å²) in [4.78, 5) is 44.7. The Morgan fingerprint density at radius 1 is 0.939 bits per heavy atom. The summed E-state index contributed by atoms with van der Waals surface area (Å²) in [6.45, 7) is 0. The zero-order valence-corrected chi connectivity index (χ0v) is 19.1. The quantitative estimate of drug-likeness (QED) is 0.513. The van der Waals surface area contributed by atoms with E-state index in [0.29, 0.717) is 0 Å². The molecule has 2 aromatic rings. The van der Waals surface area contributed by atoms with Crippen molar-refractivity contribution in [2.75, 3.05) is 46.1 Å². The summed E-state index contributed by atoms with van der Waals surface area (Å²) < 4.78 is 42.1. The first-order valence-corrected chi connectivity index (χ1v) is 10.5. The van der Waals surface area contributed by atoms with Crippen LogP contribution in [-0.2, 0) is 14.8 Å². The SMILES string of the molecule is COC(=O)Nc1ccc(C(=O)N(C)C)c(S(=O)(=O)NC(=O)Nc2nc(OC)cc(OC)n2)c1. The first kappa shape index (κ1) is 25.1. The molecular formula is C18H22N6O8S. The van der Waals surface area contributed by atoms with E-state index in [1.165, 1.54) is 46.5 Å². The topological polar surface area (TPSA) is 178 Å². The number of benzene rings is 1. The number of carbonyl (C=O) groups excluding carboxylic acids is 3. The number of nitrogens with one attached hydrogen (secondary N) is 3. The van der Waals surface area contributed by atoms with Gasteiger partial charge in [0.05, 0.1) is 33.0 Å². The number of sulfonamides is 1. The number of carbonyl (C=O) groups is 3. The number of ether oxygens (including phenoxy) is 3. The second-order valence-electron chi connectivity index (χ2n) is 6.36. The molecule has 0 aliphatic heterocycles. The number of urea groups is 1. The monoisotopic (exact) mass is 482 g/mol. The van der Waals surface area contributed by atoms with Crippen molar-refractivity contribution in [3.05, 3.63) is 29.8 Å². The average Bonchev–Trinajstić information content (AvgIpc) is 2.77. The van der Waals surface area contributed by atoms with Crippen molar-refractivity contribution in [2.45, 2.75) is 4.90 Å². The average molecular weight is 482 g/mol. The molecule has 0 spiro atoms. The maximum Gasteiger partial charge on any atom is 0.411 e. The van der Waals surface area contributed by atoms with Crippen LogP contribution < -0.4 is 24.8 Å². The van der Waals surface area contributed by atoms with E-state index in [0.717, 1.165) is 18.1 Å². The van der Waals surface area contributed by atoms with Gasteiger partial charge in [-0.25, -0.2) is 22.7 Å². The lowest BCUT2D eigenvalue weighted by Crippen LogP contribution is -2.36. The third-order valence-corrected chi connectivity index (χ3v) is 5.26. The van der Waals surface area contributed by atoms with E-state index >= 15 is 0 Å². The minimum atomic E-state index is -4.60. The predicted octanol–water partition coefficient (Wildman–Crippen LogP) is 0.884. The number of nitrogens with zero attached hydrogens (tertiary/aromatic N) is 3. The van der Waals surface area contributed by atoms with Crippen molar-refractivity contribution in [1.82, 2.24) is 19.6 Å². The zero-order valence-electron chi connectivity index (χ0n) is 18.3. The van der Waals surface area contributed by atoms with Gasteiger partial charge in [-0.3, -0.25) is 15.4 Å². The lowest BCUT2D eigenvalue weighted by atomic mass is 10.2. The lowest BCUT2D eigenvalue weighted by Gasteiger charge is -2.16. The van der Waals surface area contributed by atoms with Crippen LogP contribution >= 0.6 is 0 Å². The Morgan fingerprint density at radius 2 is 1.55 bits per heavy atom. The molecule has 14 nitrogen and oxygen atoms in total. The number of methoxy groups -OCH3 is 3. The smallest absolute Gasteiger partial charge is 0.411 e. The second-order valence-corrected chi connectivity index (χ2v) is 8.01. The Morgan fingerprint density at radius 3 is 2.06 bits per heavy atom. The van der Waals surface area contributed by atoms with Gasteiger partial charge in [-0.2, -0.15) is 9.97 Å². The third-order valence-electron chi connectivity index (χ3n) is 3.89.